The van der Waals surface area contributed by atoms with Gasteiger partial charge in [-0.3, -0.25) is 4.84 Å². The van der Waals surface area contributed by atoms with Gasteiger partial charge in [-0.05, 0) is 17.7 Å². The van der Waals surface area contributed by atoms with Gasteiger partial charge < -0.3 is 4.74 Å². The summed E-state index contributed by atoms with van der Waals surface area (Å²) < 4.78 is 5.35. The van der Waals surface area contributed by atoms with Gasteiger partial charge in [0.15, 0.2) is 0 Å². The van der Waals surface area contributed by atoms with E-state index in [1.165, 1.54) is 5.56 Å². The number of hydrogen-bond acceptors (Lipinski definition) is 4. The number of carbonyl (C=O) groups is 1. The number of hydrogen-bond donors (Lipinski definition) is 0. The molecule has 1 fully saturated rings. The van der Waals surface area contributed by atoms with Gasteiger partial charge in [0, 0.05) is 13.5 Å². The van der Waals surface area contributed by atoms with E-state index < -0.39 is 0 Å². The molecule has 1 aliphatic heterocycles. The van der Waals surface area contributed by atoms with Crippen LogP contribution in [0.1, 0.15) is 28.4 Å². The first-order chi connectivity index (χ1) is 10.7. The third kappa shape index (κ3) is 3.35. The number of carbonyl (C=O) groups excluding carboxylic acids is 1. The summed E-state index contributed by atoms with van der Waals surface area (Å²) in [5.41, 5.74) is 1.77. The molecule has 0 spiro atoms. The van der Waals surface area contributed by atoms with Crippen molar-refractivity contribution in [1.82, 2.24) is 5.06 Å². The minimum absolute atomic E-state index is 0.108. The number of hydroxylamine groups is 2. The summed E-state index contributed by atoms with van der Waals surface area (Å²) in [6.45, 7) is 0.265. The van der Waals surface area contributed by atoms with Crippen LogP contribution in [0.4, 0.5) is 0 Å². The molecule has 0 radical (unpaired) electrons. The maximum Gasteiger partial charge on any atom is 0.338 e. The molecular weight excluding hydrogens is 278 g/mol. The number of benzene rings is 2. The highest BCUT2D eigenvalue weighted by Gasteiger charge is 2.32. The van der Waals surface area contributed by atoms with Crippen molar-refractivity contribution < 1.29 is 14.4 Å². The summed E-state index contributed by atoms with van der Waals surface area (Å²) in [7, 11) is 1.91. The van der Waals surface area contributed by atoms with Crippen LogP contribution in [0.2, 0.25) is 0 Å². The highest BCUT2D eigenvalue weighted by Crippen LogP contribution is 2.32. The van der Waals surface area contributed by atoms with E-state index in [1.807, 2.05) is 48.5 Å². The van der Waals surface area contributed by atoms with Crippen LogP contribution in [0.3, 0.4) is 0 Å². The molecule has 1 heterocycles. The maximum atomic E-state index is 11.9. The third-order valence-electron chi connectivity index (χ3n) is 3.83. The zero-order chi connectivity index (χ0) is 15.4. The van der Waals surface area contributed by atoms with Crippen molar-refractivity contribution in [2.24, 2.45) is 0 Å². The van der Waals surface area contributed by atoms with E-state index in [9.17, 15) is 4.79 Å². The average Bonchev–Trinajstić information content (AvgIpc) is 2.95. The standard InChI is InChI=1S/C18H19NO3/c1-19-17(14-8-4-2-5-9-14)12-16(22-19)13-21-18(20)15-10-6-3-7-11-15/h2-11,16-17H,12-13H2,1H3/t16-,17-/m1/s1. The van der Waals surface area contributed by atoms with Gasteiger partial charge in [-0.1, -0.05) is 48.5 Å². The second-order valence-electron chi connectivity index (χ2n) is 5.40. The summed E-state index contributed by atoms with van der Waals surface area (Å²) in [5.74, 6) is -0.310. The molecule has 1 aliphatic rings. The van der Waals surface area contributed by atoms with Gasteiger partial charge in [0.1, 0.15) is 12.7 Å². The molecule has 0 bridgehead atoms. The number of ether oxygens (including phenoxy) is 1. The van der Waals surface area contributed by atoms with Gasteiger partial charge >= 0.3 is 5.97 Å². The zero-order valence-electron chi connectivity index (χ0n) is 12.5. The predicted molar refractivity (Wildman–Crippen MR) is 83.2 cm³/mol. The first-order valence-corrected chi connectivity index (χ1v) is 7.41. The Morgan fingerprint density at radius 1 is 1.14 bits per heavy atom. The molecule has 0 aliphatic carbocycles. The monoisotopic (exact) mass is 297 g/mol. The molecule has 4 heteroatoms. The lowest BCUT2D eigenvalue weighted by Crippen LogP contribution is -2.20. The van der Waals surface area contributed by atoms with Crippen LogP contribution >= 0.6 is 0 Å². The highest BCUT2D eigenvalue weighted by atomic mass is 16.7. The fraction of sp³-hybridized carbons (Fsp3) is 0.278. The Kier molecular flexibility index (Phi) is 4.51. The van der Waals surface area contributed by atoms with Crippen molar-refractivity contribution in [2.45, 2.75) is 18.6 Å². The molecule has 2 atom stereocenters. The van der Waals surface area contributed by atoms with E-state index in [-0.39, 0.29) is 24.7 Å². The minimum atomic E-state index is -0.310. The fourth-order valence-corrected chi connectivity index (χ4v) is 2.69. The number of nitrogens with zero attached hydrogens (tertiary/aromatic N) is 1. The average molecular weight is 297 g/mol. The lowest BCUT2D eigenvalue weighted by molar-refractivity contribution is -0.153. The Bertz CT molecular complexity index is 615. The van der Waals surface area contributed by atoms with Gasteiger partial charge in [0.25, 0.3) is 0 Å². The lowest BCUT2D eigenvalue weighted by Gasteiger charge is -2.17. The quantitative estimate of drug-likeness (QED) is 0.812. The molecule has 114 valence electrons. The lowest BCUT2D eigenvalue weighted by atomic mass is 10.0. The van der Waals surface area contributed by atoms with Gasteiger partial charge in [-0.25, -0.2) is 4.79 Å². The maximum absolute atomic E-state index is 11.9. The second kappa shape index (κ2) is 6.73. The second-order valence-corrected chi connectivity index (χ2v) is 5.40. The van der Waals surface area contributed by atoms with E-state index in [0.29, 0.717) is 5.56 Å². The van der Waals surface area contributed by atoms with Gasteiger partial charge in [0.05, 0.1) is 11.6 Å². The zero-order valence-corrected chi connectivity index (χ0v) is 12.5. The Morgan fingerprint density at radius 3 is 2.45 bits per heavy atom. The van der Waals surface area contributed by atoms with Crippen LogP contribution in [0, 0.1) is 0 Å². The largest absolute Gasteiger partial charge is 0.459 e. The third-order valence-corrected chi connectivity index (χ3v) is 3.83. The summed E-state index contributed by atoms with van der Waals surface area (Å²) in [6.07, 6.45) is 0.700. The van der Waals surface area contributed by atoms with Crippen molar-refractivity contribution >= 4 is 5.97 Å². The molecular formula is C18H19NO3. The Balaban J connectivity index is 1.56. The minimum Gasteiger partial charge on any atom is -0.459 e. The van der Waals surface area contributed by atoms with Gasteiger partial charge in [-0.15, -0.1) is 0 Å². The van der Waals surface area contributed by atoms with Crippen LogP contribution in [-0.4, -0.2) is 30.8 Å². The van der Waals surface area contributed by atoms with Crippen LogP contribution in [0.5, 0.6) is 0 Å². The van der Waals surface area contributed by atoms with E-state index >= 15 is 0 Å². The van der Waals surface area contributed by atoms with Crippen molar-refractivity contribution in [3.63, 3.8) is 0 Å². The van der Waals surface area contributed by atoms with E-state index in [2.05, 4.69) is 12.1 Å². The molecule has 4 nitrogen and oxygen atoms in total. The van der Waals surface area contributed by atoms with Crippen molar-refractivity contribution in [3.8, 4) is 0 Å². The molecule has 2 aromatic rings. The molecule has 0 aromatic heterocycles. The SMILES string of the molecule is CN1O[C@@H](COC(=O)c2ccccc2)C[C@@H]1c1ccccc1. The van der Waals surface area contributed by atoms with Crippen LogP contribution in [0.15, 0.2) is 60.7 Å². The molecule has 0 N–H and O–H groups in total. The Hall–Kier alpha value is -2.17. The molecule has 1 saturated heterocycles. The topological polar surface area (TPSA) is 38.8 Å². The van der Waals surface area contributed by atoms with E-state index in [0.717, 1.165) is 6.42 Å². The van der Waals surface area contributed by atoms with Crippen LogP contribution < -0.4 is 0 Å². The van der Waals surface area contributed by atoms with Gasteiger partial charge in [-0.2, -0.15) is 5.06 Å². The van der Waals surface area contributed by atoms with Crippen LogP contribution in [-0.2, 0) is 9.57 Å². The molecule has 0 amide bonds. The molecule has 22 heavy (non-hydrogen) atoms. The first kappa shape index (κ1) is 14.8. The van der Waals surface area contributed by atoms with Crippen molar-refractivity contribution in [3.05, 3.63) is 71.8 Å². The molecule has 0 unspecified atom stereocenters. The predicted octanol–water partition coefficient (Wildman–Crippen LogP) is 3.22. The highest BCUT2D eigenvalue weighted by molar-refractivity contribution is 5.89. The Labute approximate surface area is 130 Å². The summed E-state index contributed by atoms with van der Waals surface area (Å²) in [6, 6.07) is 19.4. The van der Waals surface area contributed by atoms with Gasteiger partial charge in [0.2, 0.25) is 0 Å². The van der Waals surface area contributed by atoms with Crippen LogP contribution in [0.25, 0.3) is 0 Å². The molecule has 0 saturated carbocycles. The van der Waals surface area contributed by atoms with E-state index in [1.54, 1.807) is 12.1 Å². The molecule has 2 aromatic carbocycles. The normalized spacial score (nSPS) is 21.7. The smallest absolute Gasteiger partial charge is 0.338 e. The van der Waals surface area contributed by atoms with Crippen molar-refractivity contribution in [1.29, 1.82) is 0 Å². The fourth-order valence-electron chi connectivity index (χ4n) is 2.69. The summed E-state index contributed by atoms with van der Waals surface area (Å²) in [4.78, 5) is 17.7. The number of esters is 1. The molecule has 3 rings (SSSR count). The van der Waals surface area contributed by atoms with Crippen molar-refractivity contribution in [2.75, 3.05) is 13.7 Å². The first-order valence-electron chi connectivity index (χ1n) is 7.41. The Morgan fingerprint density at radius 2 is 1.77 bits per heavy atom. The summed E-state index contributed by atoms with van der Waals surface area (Å²) in [5, 5.41) is 1.84. The summed E-state index contributed by atoms with van der Waals surface area (Å²) >= 11 is 0. The van der Waals surface area contributed by atoms with E-state index in [4.69, 9.17) is 9.57 Å². The number of rotatable bonds is 4.